The summed E-state index contributed by atoms with van der Waals surface area (Å²) < 4.78 is 27.5. The van der Waals surface area contributed by atoms with E-state index in [-0.39, 0.29) is 0 Å². The summed E-state index contributed by atoms with van der Waals surface area (Å²) in [6, 6.07) is 3.85. The minimum absolute atomic E-state index is 0.331. The lowest BCUT2D eigenvalue weighted by molar-refractivity contribution is 0.579. The molecule has 1 heterocycles. The summed E-state index contributed by atoms with van der Waals surface area (Å²) in [7, 11) is 0. The number of nitrogens with one attached hydrogen (secondary N) is 1. The average Bonchev–Trinajstić information content (AvgIpc) is 3.02. The van der Waals surface area contributed by atoms with Crippen LogP contribution in [0.5, 0.6) is 0 Å². The fourth-order valence-corrected chi connectivity index (χ4v) is 1.71. The molecule has 6 heteroatoms. The van der Waals surface area contributed by atoms with Crippen LogP contribution in [0, 0.1) is 11.6 Å². The molecule has 0 aliphatic heterocycles. The summed E-state index contributed by atoms with van der Waals surface area (Å²) in [6.07, 6.45) is 4.07. The van der Waals surface area contributed by atoms with Crippen molar-refractivity contribution in [2.24, 2.45) is 0 Å². The third kappa shape index (κ3) is 2.53. The molecule has 1 N–H and O–H groups in total. The Morgan fingerprint density at radius 3 is 2.61 bits per heavy atom. The summed E-state index contributed by atoms with van der Waals surface area (Å²) in [5.74, 6) is -1.25. The van der Waals surface area contributed by atoms with E-state index in [1.165, 1.54) is 29.7 Å². The predicted octanol–water partition coefficient (Wildman–Crippen LogP) is 1.80. The second-order valence-corrected chi connectivity index (χ2v) is 4.44. The first-order valence-electron chi connectivity index (χ1n) is 5.82. The molecule has 1 fully saturated rings. The largest absolute Gasteiger partial charge is 0.308 e. The molecule has 0 amide bonds. The van der Waals surface area contributed by atoms with Crippen LogP contribution in [0.3, 0.4) is 0 Å². The molecule has 4 nitrogen and oxygen atoms in total. The molecule has 0 saturated heterocycles. The van der Waals surface area contributed by atoms with Gasteiger partial charge < -0.3 is 5.32 Å². The Morgan fingerprint density at radius 1 is 1.22 bits per heavy atom. The van der Waals surface area contributed by atoms with Crippen LogP contribution in [-0.2, 0) is 6.54 Å². The molecule has 1 aliphatic carbocycles. The van der Waals surface area contributed by atoms with Crippen molar-refractivity contribution in [1.29, 1.82) is 0 Å². The molecule has 0 unspecified atom stereocenters. The second-order valence-electron chi connectivity index (χ2n) is 4.44. The minimum Gasteiger partial charge on any atom is -0.308 e. The first-order valence-corrected chi connectivity index (χ1v) is 5.82. The number of aromatic nitrogens is 3. The molecule has 0 spiro atoms. The van der Waals surface area contributed by atoms with E-state index >= 15 is 0 Å². The van der Waals surface area contributed by atoms with Crippen LogP contribution in [0.4, 0.5) is 8.78 Å². The van der Waals surface area contributed by atoms with Gasteiger partial charge in [0.15, 0.2) is 0 Å². The van der Waals surface area contributed by atoms with Gasteiger partial charge in [-0.2, -0.15) is 0 Å². The number of hydrogen-bond donors (Lipinski definition) is 1. The summed E-state index contributed by atoms with van der Waals surface area (Å²) in [6.45, 7) is 0.627. The highest BCUT2D eigenvalue weighted by Crippen LogP contribution is 2.19. The van der Waals surface area contributed by atoms with Crippen molar-refractivity contribution in [1.82, 2.24) is 20.3 Å². The van der Waals surface area contributed by atoms with Gasteiger partial charge in [-0.05, 0) is 25.0 Å². The molecule has 1 aliphatic rings. The van der Waals surface area contributed by atoms with E-state index in [2.05, 4.69) is 15.6 Å². The van der Waals surface area contributed by atoms with Crippen molar-refractivity contribution in [2.45, 2.75) is 25.4 Å². The quantitative estimate of drug-likeness (QED) is 0.899. The van der Waals surface area contributed by atoms with Gasteiger partial charge in [-0.15, -0.1) is 5.10 Å². The SMILES string of the molecule is Fc1cc(F)cc(-n2cc(CNC3CC3)nn2)c1. The van der Waals surface area contributed by atoms with E-state index in [0.717, 1.165) is 11.8 Å². The Labute approximate surface area is 103 Å². The zero-order chi connectivity index (χ0) is 12.5. The monoisotopic (exact) mass is 250 g/mol. The Morgan fingerprint density at radius 2 is 1.94 bits per heavy atom. The summed E-state index contributed by atoms with van der Waals surface area (Å²) in [5, 5.41) is 11.1. The van der Waals surface area contributed by atoms with Crippen molar-refractivity contribution < 1.29 is 8.78 Å². The highest BCUT2D eigenvalue weighted by atomic mass is 19.1. The second kappa shape index (κ2) is 4.45. The van der Waals surface area contributed by atoms with Crippen LogP contribution >= 0.6 is 0 Å². The molecule has 3 rings (SSSR count). The number of rotatable bonds is 4. The first kappa shape index (κ1) is 11.3. The van der Waals surface area contributed by atoms with Gasteiger partial charge in [-0.1, -0.05) is 5.21 Å². The molecule has 0 radical (unpaired) electrons. The van der Waals surface area contributed by atoms with Gasteiger partial charge in [0.1, 0.15) is 11.6 Å². The Bertz CT molecular complexity index is 543. The minimum atomic E-state index is -0.627. The van der Waals surface area contributed by atoms with Crippen LogP contribution in [0.15, 0.2) is 24.4 Å². The van der Waals surface area contributed by atoms with Gasteiger partial charge in [-0.3, -0.25) is 0 Å². The molecule has 0 atom stereocenters. The van der Waals surface area contributed by atoms with E-state index in [1.807, 2.05) is 0 Å². The van der Waals surface area contributed by atoms with Crippen molar-refractivity contribution in [2.75, 3.05) is 0 Å². The van der Waals surface area contributed by atoms with Gasteiger partial charge in [0.05, 0.1) is 17.6 Å². The van der Waals surface area contributed by atoms with Gasteiger partial charge in [0.2, 0.25) is 0 Å². The van der Waals surface area contributed by atoms with Gasteiger partial charge in [0, 0.05) is 18.7 Å². The predicted molar refractivity (Wildman–Crippen MR) is 61.1 cm³/mol. The van der Waals surface area contributed by atoms with Crippen molar-refractivity contribution in [3.8, 4) is 5.69 Å². The Balaban J connectivity index is 1.78. The molecule has 18 heavy (non-hydrogen) atoms. The van der Waals surface area contributed by atoms with Gasteiger partial charge >= 0.3 is 0 Å². The maximum atomic E-state index is 13.1. The standard InChI is InChI=1S/C12H12F2N4/c13-8-3-9(14)5-12(4-8)18-7-11(16-17-18)6-15-10-1-2-10/h3-5,7,10,15H,1-2,6H2. The third-order valence-electron chi connectivity index (χ3n) is 2.80. The fraction of sp³-hybridized carbons (Fsp3) is 0.333. The molecular formula is C12H12F2N4. The lowest BCUT2D eigenvalue weighted by Gasteiger charge is -2.00. The smallest absolute Gasteiger partial charge is 0.128 e. The van der Waals surface area contributed by atoms with Crippen molar-refractivity contribution in [3.63, 3.8) is 0 Å². The molecule has 0 bridgehead atoms. The summed E-state index contributed by atoms with van der Waals surface area (Å²) in [4.78, 5) is 0. The topological polar surface area (TPSA) is 42.7 Å². The maximum absolute atomic E-state index is 13.1. The van der Waals surface area contributed by atoms with Crippen LogP contribution in [-0.4, -0.2) is 21.0 Å². The van der Waals surface area contributed by atoms with Crippen molar-refractivity contribution in [3.05, 3.63) is 41.7 Å². The number of nitrogens with zero attached hydrogens (tertiary/aromatic N) is 3. The zero-order valence-electron chi connectivity index (χ0n) is 9.61. The third-order valence-corrected chi connectivity index (χ3v) is 2.80. The Hall–Kier alpha value is -1.82. The average molecular weight is 250 g/mol. The highest BCUT2D eigenvalue weighted by molar-refractivity contribution is 5.31. The molecule has 1 aromatic heterocycles. The van der Waals surface area contributed by atoms with E-state index in [0.29, 0.717) is 18.3 Å². The van der Waals surface area contributed by atoms with Crippen molar-refractivity contribution >= 4 is 0 Å². The van der Waals surface area contributed by atoms with Crippen LogP contribution in [0.1, 0.15) is 18.5 Å². The zero-order valence-corrected chi connectivity index (χ0v) is 9.61. The van der Waals surface area contributed by atoms with E-state index in [4.69, 9.17) is 0 Å². The number of halogens is 2. The van der Waals surface area contributed by atoms with Crippen LogP contribution in [0.25, 0.3) is 5.69 Å². The molecule has 94 valence electrons. The van der Waals surface area contributed by atoms with Crippen LogP contribution in [0.2, 0.25) is 0 Å². The van der Waals surface area contributed by atoms with Gasteiger partial charge in [0.25, 0.3) is 0 Å². The molecular weight excluding hydrogens is 238 g/mol. The Kier molecular flexibility index (Phi) is 2.79. The number of hydrogen-bond acceptors (Lipinski definition) is 3. The van der Waals surface area contributed by atoms with E-state index < -0.39 is 11.6 Å². The van der Waals surface area contributed by atoms with E-state index in [1.54, 1.807) is 6.20 Å². The molecule has 1 aromatic carbocycles. The van der Waals surface area contributed by atoms with E-state index in [9.17, 15) is 8.78 Å². The lowest BCUT2D eigenvalue weighted by atomic mass is 10.3. The fourth-order valence-electron chi connectivity index (χ4n) is 1.71. The summed E-state index contributed by atoms with van der Waals surface area (Å²) >= 11 is 0. The molecule has 2 aromatic rings. The number of benzene rings is 1. The van der Waals surface area contributed by atoms with Gasteiger partial charge in [-0.25, -0.2) is 13.5 Å². The molecule has 1 saturated carbocycles. The highest BCUT2D eigenvalue weighted by Gasteiger charge is 2.20. The lowest BCUT2D eigenvalue weighted by Crippen LogP contribution is -2.15. The maximum Gasteiger partial charge on any atom is 0.128 e. The van der Waals surface area contributed by atoms with Crippen LogP contribution < -0.4 is 5.32 Å². The first-order chi connectivity index (χ1) is 8.70. The summed E-state index contributed by atoms with van der Waals surface area (Å²) in [5.41, 5.74) is 1.09. The normalized spacial score (nSPS) is 15.0.